The molecule has 0 saturated carbocycles. The maximum atomic E-state index is 14.9. The molecule has 386 valence electrons. The smallest absolute Gasteiger partial charge is 0.324 e. The Balaban J connectivity index is 1.09. The number of ether oxygens (including phenoxy) is 3. The molecular weight excluding hydrogens is 903 g/mol. The van der Waals surface area contributed by atoms with Crippen molar-refractivity contribution in [2.45, 2.75) is 142 Å². The third kappa shape index (κ3) is 10.5. The number of nitrogens with zero attached hydrogens (tertiary/aromatic N) is 7. The van der Waals surface area contributed by atoms with Gasteiger partial charge in [-0.25, -0.2) is 10.2 Å². The second-order valence-electron chi connectivity index (χ2n) is 21.7. The number of hydrogen-bond donors (Lipinski definition) is 2. The second kappa shape index (κ2) is 21.4. The zero-order chi connectivity index (χ0) is 50.9. The number of carbonyl (C=O) groups excluding carboxylic acids is 5. The van der Waals surface area contributed by atoms with Gasteiger partial charge in [-0.15, -0.1) is 0 Å². The predicted octanol–water partition coefficient (Wildman–Crippen LogP) is 6.02. The summed E-state index contributed by atoms with van der Waals surface area (Å²) in [5, 5.41) is 5.79. The fourth-order valence-corrected chi connectivity index (χ4v) is 12.0. The number of amides is 5. The summed E-state index contributed by atoms with van der Waals surface area (Å²) in [6.45, 7) is 21.7. The fourth-order valence-electron chi connectivity index (χ4n) is 12.0. The number of pyridine rings is 1. The summed E-state index contributed by atoms with van der Waals surface area (Å²) in [6.07, 6.45) is 7.50. The minimum absolute atomic E-state index is 0.157. The van der Waals surface area contributed by atoms with Gasteiger partial charge >= 0.3 is 12.0 Å². The third-order valence-corrected chi connectivity index (χ3v) is 16.0. The molecule has 5 amide bonds. The van der Waals surface area contributed by atoms with E-state index in [1.807, 2.05) is 40.0 Å². The van der Waals surface area contributed by atoms with E-state index in [-0.39, 0.29) is 61.7 Å². The number of cyclic esters (lactones) is 1. The number of aryl methyl sites for hydroxylation is 1. The van der Waals surface area contributed by atoms with Crippen LogP contribution in [0.5, 0.6) is 0 Å². The molecule has 17 nitrogen and oxygen atoms in total. The first-order valence-electron chi connectivity index (χ1n) is 25.9. The van der Waals surface area contributed by atoms with Gasteiger partial charge in [0.1, 0.15) is 24.9 Å². The second-order valence-corrected chi connectivity index (χ2v) is 21.7. The van der Waals surface area contributed by atoms with Crippen LogP contribution in [0.15, 0.2) is 49.2 Å². The molecule has 6 bridgehead atoms. The summed E-state index contributed by atoms with van der Waals surface area (Å²) in [4.78, 5) is 82.4. The average Bonchev–Trinajstić information content (AvgIpc) is 3.85. The number of aromatic nitrogens is 2. The lowest BCUT2D eigenvalue weighted by atomic mass is 9.83. The van der Waals surface area contributed by atoms with Crippen molar-refractivity contribution in [3.05, 3.63) is 66.0 Å². The molecule has 2 aromatic heterocycles. The highest BCUT2D eigenvalue weighted by molar-refractivity contribution is 5.94. The molecule has 5 aliphatic heterocycles. The lowest BCUT2D eigenvalue weighted by molar-refractivity contribution is -0.155. The maximum Gasteiger partial charge on any atom is 0.324 e. The van der Waals surface area contributed by atoms with Crippen LogP contribution in [0, 0.1) is 11.3 Å². The van der Waals surface area contributed by atoms with Crippen molar-refractivity contribution < 1.29 is 38.2 Å². The van der Waals surface area contributed by atoms with Crippen LogP contribution in [0.1, 0.15) is 116 Å². The molecule has 3 aromatic rings. The molecule has 1 unspecified atom stereocenters. The van der Waals surface area contributed by atoms with E-state index in [0.29, 0.717) is 58.3 Å². The zero-order valence-electron chi connectivity index (χ0n) is 43.5. The molecule has 1 aromatic carbocycles. The van der Waals surface area contributed by atoms with Gasteiger partial charge < -0.3 is 43.7 Å². The number of methoxy groups -OCH3 is 1. The van der Waals surface area contributed by atoms with Gasteiger partial charge in [-0.3, -0.25) is 29.2 Å². The van der Waals surface area contributed by atoms with Crippen LogP contribution in [0.4, 0.5) is 4.79 Å². The first-order chi connectivity index (χ1) is 33.9. The molecule has 1 spiro atoms. The fraction of sp³-hybridized carbons (Fsp3) is 0.630. The Bertz CT molecular complexity index is 2480. The first-order valence-corrected chi connectivity index (χ1v) is 25.9. The minimum atomic E-state index is -0.985. The molecule has 5 aliphatic rings. The van der Waals surface area contributed by atoms with Crippen LogP contribution in [0.3, 0.4) is 0 Å². The van der Waals surface area contributed by atoms with Crippen molar-refractivity contribution in [2.75, 3.05) is 66.8 Å². The van der Waals surface area contributed by atoms with E-state index in [2.05, 4.69) is 71.8 Å². The monoisotopic (exact) mass is 980 g/mol. The van der Waals surface area contributed by atoms with E-state index in [1.54, 1.807) is 24.0 Å². The van der Waals surface area contributed by atoms with Crippen molar-refractivity contribution in [1.29, 1.82) is 0 Å². The first kappa shape index (κ1) is 52.0. The number of nitrogens with one attached hydrogen (secondary N) is 2. The Kier molecular flexibility index (Phi) is 15.7. The van der Waals surface area contributed by atoms with Crippen molar-refractivity contribution in [3.8, 4) is 11.3 Å². The molecule has 4 saturated heterocycles. The summed E-state index contributed by atoms with van der Waals surface area (Å²) in [5.74, 6) is -1.52. The van der Waals surface area contributed by atoms with Crippen LogP contribution in [-0.2, 0) is 46.4 Å². The van der Waals surface area contributed by atoms with Crippen LogP contribution in [-0.4, -0.2) is 160 Å². The zero-order valence-corrected chi connectivity index (χ0v) is 43.5. The number of rotatable bonds is 9. The predicted molar refractivity (Wildman–Crippen MR) is 271 cm³/mol. The summed E-state index contributed by atoms with van der Waals surface area (Å²) < 4.78 is 20.6. The molecule has 7 heterocycles. The SMILES string of the molecule is C=CC(=O)N1COC2(CCN(C(=O)N(C)[C@H](C(=O)N[C@H]3CN4CCC[C@@H](C4)c4ccc5c(c4)c(c(-c4cccnc4[C@H](C)OC)n5CC)CC(C)(C)COC(=O)[C@@H]4CCCN(N4)C3=O)C(C)C)CC2)[C@@H]1C. The standard InChI is InChI=1S/C54H77N9O8/c1-11-45(64)62-33-71-54(36(62)6)21-26-60(27-22-54)52(68)58(9)47(34(3)4)49(65)56-43-31-59-24-14-16-38(30-59)37-19-20-44-40(28-37)41(48(61(44)12-2)39-17-13-23-55-46(39)35(5)69-10)29-53(7,8)32-70-51(67)42-18-15-25-63(57-42)50(43)66/h11,13,17,19-20,23,28,34-36,38,42-43,47,57H,1,12,14-16,18,21-22,24-27,29-33H2,2-10H3,(H,56,65)/t35-,36-,38-,42-,43-,47-/m0/s1. The topological polar surface area (TPSA) is 171 Å². The molecule has 8 rings (SSSR count). The van der Waals surface area contributed by atoms with Gasteiger partial charge in [0, 0.05) is 81.5 Å². The largest absolute Gasteiger partial charge is 0.464 e. The number of hydrogen-bond acceptors (Lipinski definition) is 11. The molecular formula is C54H77N9O8. The summed E-state index contributed by atoms with van der Waals surface area (Å²) in [7, 11) is 3.35. The Morgan fingerprint density at radius 3 is 2.51 bits per heavy atom. The Morgan fingerprint density at radius 1 is 1.06 bits per heavy atom. The normalized spacial score (nSPS) is 25.7. The number of benzene rings is 1. The van der Waals surface area contributed by atoms with Crippen LogP contribution in [0.25, 0.3) is 22.2 Å². The molecule has 7 atom stereocenters. The molecule has 71 heavy (non-hydrogen) atoms. The van der Waals surface area contributed by atoms with E-state index in [0.717, 1.165) is 53.8 Å². The lowest BCUT2D eigenvalue weighted by Gasteiger charge is -2.43. The molecule has 2 N–H and O–H groups in total. The Labute approximate surface area is 419 Å². The van der Waals surface area contributed by atoms with E-state index < -0.39 is 41.0 Å². The third-order valence-electron chi connectivity index (χ3n) is 16.0. The summed E-state index contributed by atoms with van der Waals surface area (Å²) >= 11 is 0. The molecule has 17 heteroatoms. The highest BCUT2D eigenvalue weighted by atomic mass is 16.5. The number of esters is 1. The number of hydrazine groups is 1. The Hall–Kier alpha value is -5.36. The number of fused-ring (bicyclic) bond motifs is 6. The van der Waals surface area contributed by atoms with Gasteiger partial charge in [0.2, 0.25) is 11.8 Å². The number of urea groups is 1. The highest BCUT2D eigenvalue weighted by Crippen LogP contribution is 2.43. The summed E-state index contributed by atoms with van der Waals surface area (Å²) in [6, 6.07) is 7.84. The van der Waals surface area contributed by atoms with Crippen molar-refractivity contribution >= 4 is 40.6 Å². The van der Waals surface area contributed by atoms with Crippen molar-refractivity contribution in [2.24, 2.45) is 11.3 Å². The van der Waals surface area contributed by atoms with E-state index in [4.69, 9.17) is 19.2 Å². The lowest BCUT2D eigenvalue weighted by Crippen LogP contribution is -2.64. The van der Waals surface area contributed by atoms with E-state index >= 15 is 0 Å². The molecule has 4 fully saturated rings. The average molecular weight is 980 g/mol. The number of likely N-dealkylation sites (tertiary alicyclic amines) is 1. The molecule has 0 radical (unpaired) electrons. The number of likely N-dealkylation sites (N-methyl/N-ethyl adjacent to an activating group) is 1. The van der Waals surface area contributed by atoms with Crippen molar-refractivity contribution in [3.63, 3.8) is 0 Å². The van der Waals surface area contributed by atoms with Crippen LogP contribution >= 0.6 is 0 Å². The van der Waals surface area contributed by atoms with Crippen LogP contribution in [0.2, 0.25) is 0 Å². The quantitative estimate of drug-likeness (QED) is 0.190. The van der Waals surface area contributed by atoms with Gasteiger partial charge in [-0.05, 0) is 126 Å². The van der Waals surface area contributed by atoms with Gasteiger partial charge in [-0.1, -0.05) is 40.3 Å². The van der Waals surface area contributed by atoms with Gasteiger partial charge in [0.15, 0.2) is 0 Å². The summed E-state index contributed by atoms with van der Waals surface area (Å²) in [5.41, 5.74) is 8.62. The Morgan fingerprint density at radius 2 is 1.80 bits per heavy atom. The molecule has 0 aliphatic carbocycles. The van der Waals surface area contributed by atoms with Gasteiger partial charge in [-0.2, -0.15) is 0 Å². The van der Waals surface area contributed by atoms with Gasteiger partial charge in [0.25, 0.3) is 5.91 Å². The van der Waals surface area contributed by atoms with E-state index in [9.17, 15) is 24.0 Å². The minimum Gasteiger partial charge on any atom is -0.464 e. The van der Waals surface area contributed by atoms with Gasteiger partial charge in [0.05, 0.1) is 35.7 Å². The van der Waals surface area contributed by atoms with Crippen LogP contribution < -0.4 is 10.7 Å². The maximum absolute atomic E-state index is 14.9. The van der Waals surface area contributed by atoms with Crippen molar-refractivity contribution in [1.82, 2.24) is 44.9 Å². The number of carbonyl (C=O) groups is 5. The highest BCUT2D eigenvalue weighted by Gasteiger charge is 2.50. The number of piperidine rings is 2. The van der Waals surface area contributed by atoms with E-state index in [1.165, 1.54) is 27.1 Å².